The van der Waals surface area contributed by atoms with Crippen molar-refractivity contribution in [2.75, 3.05) is 0 Å². The van der Waals surface area contributed by atoms with E-state index >= 15 is 0 Å². The summed E-state index contributed by atoms with van der Waals surface area (Å²) in [7, 11) is 0. The second kappa shape index (κ2) is 4.21. The topological polar surface area (TPSA) is 83.0 Å². The molecule has 1 aliphatic carbocycles. The Balaban J connectivity index is 2.11. The molecule has 1 heterocycles. The molecule has 0 aromatic rings. The second-order valence-corrected chi connectivity index (χ2v) is 5.85. The van der Waals surface area contributed by atoms with E-state index in [1.807, 2.05) is 0 Å². The maximum atomic E-state index is 12.1. The van der Waals surface area contributed by atoms with Crippen LogP contribution in [0, 0.1) is 5.92 Å². The van der Waals surface area contributed by atoms with Crippen molar-refractivity contribution in [3.05, 3.63) is 5.53 Å². The minimum absolute atomic E-state index is 0.112. The average molecular weight is 251 g/mol. The summed E-state index contributed by atoms with van der Waals surface area (Å²) in [6.07, 6.45) is 1.96. The van der Waals surface area contributed by atoms with Gasteiger partial charge >= 0.3 is 12.3 Å². The third-order valence-corrected chi connectivity index (χ3v) is 3.22. The first-order valence-electron chi connectivity index (χ1n) is 6.06. The molecule has 1 amide bonds. The molecule has 6 nitrogen and oxygen atoms in total. The van der Waals surface area contributed by atoms with Crippen LogP contribution in [0.4, 0.5) is 4.79 Å². The van der Waals surface area contributed by atoms with Gasteiger partial charge in [-0.05, 0) is 39.5 Å². The summed E-state index contributed by atoms with van der Waals surface area (Å²) >= 11 is 0. The predicted molar refractivity (Wildman–Crippen MR) is 63.1 cm³/mol. The van der Waals surface area contributed by atoms with E-state index < -0.39 is 17.7 Å². The van der Waals surface area contributed by atoms with Gasteiger partial charge in [-0.25, -0.2) is 4.79 Å². The normalized spacial score (nSPS) is 29.3. The molecular formula is C12H17N3O3. The van der Waals surface area contributed by atoms with Gasteiger partial charge in [-0.2, -0.15) is 4.79 Å². The molecule has 2 aliphatic rings. The highest BCUT2D eigenvalue weighted by molar-refractivity contribution is 6.28. The highest BCUT2D eigenvalue weighted by atomic mass is 16.6. The summed E-state index contributed by atoms with van der Waals surface area (Å²) in [5.41, 5.74) is 7.82. The van der Waals surface area contributed by atoms with Crippen LogP contribution < -0.4 is 0 Å². The van der Waals surface area contributed by atoms with E-state index in [-0.39, 0.29) is 11.8 Å². The molecule has 1 saturated heterocycles. The van der Waals surface area contributed by atoms with Gasteiger partial charge in [-0.3, -0.25) is 9.69 Å². The molecule has 98 valence electrons. The van der Waals surface area contributed by atoms with Crippen LogP contribution in [0.15, 0.2) is 0 Å². The van der Waals surface area contributed by atoms with Crippen LogP contribution in [0.3, 0.4) is 0 Å². The number of ketones is 1. The summed E-state index contributed by atoms with van der Waals surface area (Å²) in [5, 5.41) is 0. The Hall–Kier alpha value is -1.68. The lowest BCUT2D eigenvalue weighted by Gasteiger charge is -2.28. The van der Waals surface area contributed by atoms with E-state index in [0.29, 0.717) is 12.3 Å². The van der Waals surface area contributed by atoms with Crippen molar-refractivity contribution in [3.63, 3.8) is 0 Å². The quantitative estimate of drug-likeness (QED) is 0.420. The van der Waals surface area contributed by atoms with Crippen molar-refractivity contribution in [3.8, 4) is 0 Å². The second-order valence-electron chi connectivity index (χ2n) is 5.85. The van der Waals surface area contributed by atoms with Crippen LogP contribution in [0.1, 0.15) is 33.6 Å². The van der Waals surface area contributed by atoms with Crippen molar-refractivity contribution in [1.29, 1.82) is 0 Å². The lowest BCUT2D eigenvalue weighted by molar-refractivity contribution is -0.120. The smallest absolute Gasteiger partial charge is 0.411 e. The van der Waals surface area contributed by atoms with Gasteiger partial charge in [0.1, 0.15) is 11.6 Å². The van der Waals surface area contributed by atoms with Gasteiger partial charge in [0.05, 0.1) is 0 Å². The first-order valence-corrected chi connectivity index (χ1v) is 6.06. The Labute approximate surface area is 106 Å². The van der Waals surface area contributed by atoms with Crippen molar-refractivity contribution < 1.29 is 19.1 Å². The summed E-state index contributed by atoms with van der Waals surface area (Å²) in [4.78, 5) is 28.0. The zero-order valence-corrected chi connectivity index (χ0v) is 10.8. The number of likely N-dealkylation sites (tertiary alicyclic amines) is 1. The summed E-state index contributed by atoms with van der Waals surface area (Å²) < 4.78 is 5.31. The van der Waals surface area contributed by atoms with Crippen LogP contribution >= 0.6 is 0 Å². The molecule has 3 atom stereocenters. The number of rotatable bonds is 2. The van der Waals surface area contributed by atoms with Crippen LogP contribution in [-0.4, -0.2) is 45.5 Å². The van der Waals surface area contributed by atoms with Gasteiger partial charge in [0.15, 0.2) is 0 Å². The first-order chi connectivity index (χ1) is 8.33. The lowest BCUT2D eigenvalue weighted by Crippen LogP contribution is -2.46. The molecule has 0 radical (unpaired) electrons. The Kier molecular flexibility index (Phi) is 2.99. The summed E-state index contributed by atoms with van der Waals surface area (Å²) in [5.74, 6) is 0.0362. The van der Waals surface area contributed by atoms with E-state index in [4.69, 9.17) is 10.3 Å². The van der Waals surface area contributed by atoms with Gasteiger partial charge in [-0.1, -0.05) is 0 Å². The van der Waals surface area contributed by atoms with Crippen molar-refractivity contribution >= 4 is 18.1 Å². The largest absolute Gasteiger partial charge is 0.444 e. The maximum absolute atomic E-state index is 12.1. The Morgan fingerprint density at radius 3 is 2.61 bits per heavy atom. The molecule has 2 fully saturated rings. The summed E-state index contributed by atoms with van der Waals surface area (Å²) in [6, 6.07) is -0.430. The van der Waals surface area contributed by atoms with Gasteiger partial charge in [0.25, 0.3) is 5.78 Å². The third-order valence-electron chi connectivity index (χ3n) is 3.22. The van der Waals surface area contributed by atoms with Crippen molar-refractivity contribution in [2.24, 2.45) is 5.92 Å². The van der Waals surface area contributed by atoms with E-state index in [1.54, 1.807) is 20.8 Å². The van der Waals surface area contributed by atoms with Gasteiger partial charge in [0.2, 0.25) is 0 Å². The number of ether oxygens (including phenoxy) is 1. The van der Waals surface area contributed by atoms with Crippen LogP contribution in [-0.2, 0) is 9.53 Å². The number of Topliss-reactive ketones (excluding diaryl/α,β-unsaturated/α-hetero) is 1. The number of piperidine rings is 1. The number of nitrogens with zero attached hydrogens (tertiary/aromatic N) is 3. The van der Waals surface area contributed by atoms with Crippen LogP contribution in [0.25, 0.3) is 5.53 Å². The molecule has 0 aromatic heterocycles. The molecular weight excluding hydrogens is 234 g/mol. The van der Waals surface area contributed by atoms with Crippen molar-refractivity contribution in [2.45, 2.75) is 51.3 Å². The van der Waals surface area contributed by atoms with Crippen LogP contribution in [0.2, 0.25) is 0 Å². The van der Waals surface area contributed by atoms with E-state index in [9.17, 15) is 9.59 Å². The zero-order chi connectivity index (χ0) is 13.5. The lowest BCUT2D eigenvalue weighted by atomic mass is 10.1. The third kappa shape index (κ3) is 2.43. The van der Waals surface area contributed by atoms with E-state index in [0.717, 1.165) is 12.6 Å². The standard InChI is InChI=1S/C12H17N3O3/c1-12(2,3)18-11(17)15-8-4-7(8)5-9(15)10(16)6-14-13/h6-9H,4-5H2,1-3H3/t7-,8-,9+/m1/s1. The average Bonchev–Trinajstić information content (AvgIpc) is 2.86. The van der Waals surface area contributed by atoms with Gasteiger partial charge in [0, 0.05) is 6.04 Å². The number of hydrogen-bond donors (Lipinski definition) is 0. The number of hydrogen-bond acceptors (Lipinski definition) is 3. The van der Waals surface area contributed by atoms with Gasteiger partial charge in [-0.15, -0.1) is 0 Å². The van der Waals surface area contributed by atoms with Crippen molar-refractivity contribution in [1.82, 2.24) is 4.90 Å². The predicted octanol–water partition coefficient (Wildman–Crippen LogP) is 1.25. The number of carbonyl (C=O) groups excluding carboxylic acids is 2. The number of fused-ring (bicyclic) bond motifs is 1. The summed E-state index contributed by atoms with van der Waals surface area (Å²) in [6.45, 7) is 5.37. The first kappa shape index (κ1) is 12.8. The van der Waals surface area contributed by atoms with Gasteiger partial charge < -0.3 is 10.3 Å². The SMILES string of the molecule is CC(C)(C)OC(=O)N1[C@@H]2C[C@@H]2C[C@H]1C(=O)C=[N+]=[N-]. The molecule has 1 aliphatic heterocycles. The molecule has 0 aromatic carbocycles. The fourth-order valence-corrected chi connectivity index (χ4v) is 2.43. The Morgan fingerprint density at radius 2 is 2.06 bits per heavy atom. The fraction of sp³-hybridized carbons (Fsp3) is 0.750. The molecule has 2 rings (SSSR count). The maximum Gasteiger partial charge on any atom is 0.411 e. The zero-order valence-electron chi connectivity index (χ0n) is 10.8. The molecule has 0 spiro atoms. The molecule has 0 unspecified atom stereocenters. The minimum Gasteiger partial charge on any atom is -0.444 e. The fourth-order valence-electron chi connectivity index (χ4n) is 2.43. The molecule has 18 heavy (non-hydrogen) atoms. The molecule has 6 heteroatoms. The molecule has 0 N–H and O–H groups in total. The van der Waals surface area contributed by atoms with Crippen LogP contribution in [0.5, 0.6) is 0 Å². The molecule has 0 bridgehead atoms. The monoisotopic (exact) mass is 251 g/mol. The van der Waals surface area contributed by atoms with E-state index in [2.05, 4.69) is 4.79 Å². The highest BCUT2D eigenvalue weighted by Gasteiger charge is 2.57. The minimum atomic E-state index is -0.581. The highest BCUT2D eigenvalue weighted by Crippen LogP contribution is 2.48. The number of amides is 1. The van der Waals surface area contributed by atoms with E-state index in [1.165, 1.54) is 4.90 Å². The number of carbonyl (C=O) groups is 2. The molecule has 1 saturated carbocycles. The Morgan fingerprint density at radius 1 is 1.39 bits per heavy atom. The Bertz CT molecular complexity index is 434.